The van der Waals surface area contributed by atoms with Crippen LogP contribution in [0.1, 0.15) is 43.4 Å². The van der Waals surface area contributed by atoms with E-state index in [0.717, 1.165) is 23.6 Å². The van der Waals surface area contributed by atoms with Crippen LogP contribution in [0.5, 0.6) is 0 Å². The van der Waals surface area contributed by atoms with Crippen LogP contribution in [-0.4, -0.2) is 29.1 Å². The maximum absolute atomic E-state index is 14.1. The SMILES string of the molecule is C[C@@H](c1ccc(-c2ccc(F)cc2F)cc1)N1CCC(CCO)(c2ccccc2)CC1=O. The normalized spacial score (nSPS) is 19.8. The third kappa shape index (κ3) is 4.30. The molecule has 0 saturated carbocycles. The molecule has 32 heavy (non-hydrogen) atoms. The van der Waals surface area contributed by atoms with E-state index >= 15 is 0 Å². The Morgan fingerprint density at radius 2 is 1.75 bits per heavy atom. The molecule has 0 bridgehead atoms. The second-order valence-corrected chi connectivity index (χ2v) is 8.56. The highest BCUT2D eigenvalue weighted by molar-refractivity contribution is 5.79. The molecule has 2 atom stereocenters. The van der Waals surface area contributed by atoms with Crippen LogP contribution in [0.2, 0.25) is 0 Å². The predicted octanol–water partition coefficient (Wildman–Crippen LogP) is 5.64. The lowest BCUT2D eigenvalue weighted by Crippen LogP contribution is -2.47. The van der Waals surface area contributed by atoms with Crippen molar-refractivity contribution in [3.05, 3.63) is 95.6 Å². The number of piperidine rings is 1. The smallest absolute Gasteiger partial charge is 0.223 e. The molecule has 5 heteroatoms. The molecule has 1 saturated heterocycles. The van der Waals surface area contributed by atoms with Gasteiger partial charge in [-0.3, -0.25) is 4.79 Å². The van der Waals surface area contributed by atoms with Crippen LogP contribution >= 0.6 is 0 Å². The summed E-state index contributed by atoms with van der Waals surface area (Å²) in [6, 6.07) is 20.8. The van der Waals surface area contributed by atoms with Crippen LogP contribution in [0.4, 0.5) is 8.78 Å². The van der Waals surface area contributed by atoms with Crippen molar-refractivity contribution in [1.82, 2.24) is 4.90 Å². The van der Waals surface area contributed by atoms with Gasteiger partial charge in [0.25, 0.3) is 0 Å². The maximum atomic E-state index is 14.1. The lowest BCUT2D eigenvalue weighted by Gasteiger charge is -2.43. The van der Waals surface area contributed by atoms with Gasteiger partial charge in [-0.25, -0.2) is 8.78 Å². The van der Waals surface area contributed by atoms with Crippen molar-refractivity contribution in [2.24, 2.45) is 0 Å². The van der Waals surface area contributed by atoms with Gasteiger partial charge < -0.3 is 10.0 Å². The van der Waals surface area contributed by atoms with Gasteiger partial charge in [0.05, 0.1) is 6.04 Å². The minimum atomic E-state index is -0.604. The predicted molar refractivity (Wildman–Crippen MR) is 121 cm³/mol. The molecule has 0 aromatic heterocycles. The molecule has 1 unspecified atom stereocenters. The number of aliphatic hydroxyl groups excluding tert-OH is 1. The number of halogens is 2. The number of carbonyl (C=O) groups excluding carboxylic acids is 1. The zero-order chi connectivity index (χ0) is 22.7. The third-order valence-corrected chi connectivity index (χ3v) is 6.72. The molecular formula is C27H27F2NO2. The summed E-state index contributed by atoms with van der Waals surface area (Å²) in [5.41, 5.74) is 2.72. The highest BCUT2D eigenvalue weighted by Crippen LogP contribution is 2.41. The molecule has 3 aromatic rings. The summed E-state index contributed by atoms with van der Waals surface area (Å²) in [4.78, 5) is 15.1. The standard InChI is InChI=1S/C27H27F2NO2/c1-19(20-7-9-21(10-8-20)24-12-11-23(28)17-25(24)29)30-15-13-27(14-16-31,18-26(30)32)22-5-3-2-4-6-22/h2-12,17,19,31H,13-16,18H2,1H3/t19-,27?/m0/s1. The van der Waals surface area contributed by atoms with Crippen molar-refractivity contribution in [2.75, 3.05) is 13.2 Å². The van der Waals surface area contributed by atoms with Crippen molar-refractivity contribution in [3.8, 4) is 11.1 Å². The summed E-state index contributed by atoms with van der Waals surface area (Å²) in [5, 5.41) is 9.67. The molecule has 1 N–H and O–H groups in total. The summed E-state index contributed by atoms with van der Waals surface area (Å²) in [7, 11) is 0. The van der Waals surface area contributed by atoms with Gasteiger partial charge in [0.15, 0.2) is 0 Å². The van der Waals surface area contributed by atoms with E-state index in [1.807, 2.05) is 54.3 Å². The molecule has 0 spiro atoms. The van der Waals surface area contributed by atoms with Crippen molar-refractivity contribution in [3.63, 3.8) is 0 Å². The number of rotatable bonds is 6. The number of hydrogen-bond donors (Lipinski definition) is 1. The number of aliphatic hydroxyl groups is 1. The molecule has 0 aliphatic carbocycles. The van der Waals surface area contributed by atoms with Gasteiger partial charge in [0, 0.05) is 36.6 Å². The van der Waals surface area contributed by atoms with Gasteiger partial charge in [0.2, 0.25) is 5.91 Å². The molecule has 0 radical (unpaired) electrons. The number of likely N-dealkylation sites (tertiary alicyclic amines) is 1. The van der Waals surface area contributed by atoms with E-state index in [1.165, 1.54) is 12.1 Å². The van der Waals surface area contributed by atoms with E-state index in [0.29, 0.717) is 30.5 Å². The number of carbonyl (C=O) groups is 1. The second-order valence-electron chi connectivity index (χ2n) is 8.56. The minimum Gasteiger partial charge on any atom is -0.396 e. The number of benzene rings is 3. The fraction of sp³-hybridized carbons (Fsp3) is 0.296. The minimum absolute atomic E-state index is 0.0408. The van der Waals surface area contributed by atoms with Crippen LogP contribution in [-0.2, 0) is 10.2 Å². The first-order chi connectivity index (χ1) is 15.4. The summed E-state index contributed by atoms with van der Waals surface area (Å²) in [5.74, 6) is -1.14. The van der Waals surface area contributed by atoms with Crippen molar-refractivity contribution in [1.29, 1.82) is 0 Å². The number of hydrogen-bond acceptors (Lipinski definition) is 2. The zero-order valence-corrected chi connectivity index (χ0v) is 18.1. The summed E-state index contributed by atoms with van der Waals surface area (Å²) < 4.78 is 27.3. The van der Waals surface area contributed by atoms with Gasteiger partial charge >= 0.3 is 0 Å². The fourth-order valence-electron chi connectivity index (χ4n) is 4.80. The monoisotopic (exact) mass is 435 g/mol. The van der Waals surface area contributed by atoms with E-state index in [4.69, 9.17) is 0 Å². The van der Waals surface area contributed by atoms with Gasteiger partial charge in [-0.1, -0.05) is 54.6 Å². The first kappa shape index (κ1) is 22.2. The van der Waals surface area contributed by atoms with E-state index < -0.39 is 11.6 Å². The zero-order valence-electron chi connectivity index (χ0n) is 18.1. The number of amides is 1. The molecule has 4 rings (SSSR count). The molecule has 1 fully saturated rings. The Labute approximate surface area is 187 Å². The second kappa shape index (κ2) is 9.21. The Morgan fingerprint density at radius 1 is 1.03 bits per heavy atom. The van der Waals surface area contributed by atoms with Crippen molar-refractivity contribution < 1.29 is 18.7 Å². The third-order valence-electron chi connectivity index (χ3n) is 6.72. The largest absolute Gasteiger partial charge is 0.396 e. The molecular weight excluding hydrogens is 408 g/mol. The Hall–Kier alpha value is -3.05. The molecule has 166 valence electrons. The summed E-state index contributed by atoms with van der Waals surface area (Å²) in [6.45, 7) is 2.63. The summed E-state index contributed by atoms with van der Waals surface area (Å²) >= 11 is 0. The quantitative estimate of drug-likeness (QED) is 0.545. The number of nitrogens with zero attached hydrogens (tertiary/aromatic N) is 1. The summed E-state index contributed by atoms with van der Waals surface area (Å²) in [6.07, 6.45) is 1.70. The fourth-order valence-corrected chi connectivity index (χ4v) is 4.80. The van der Waals surface area contributed by atoms with Crippen LogP contribution < -0.4 is 0 Å². The average Bonchev–Trinajstić information content (AvgIpc) is 2.80. The highest BCUT2D eigenvalue weighted by atomic mass is 19.1. The van der Waals surface area contributed by atoms with Gasteiger partial charge in [0.1, 0.15) is 11.6 Å². The lowest BCUT2D eigenvalue weighted by molar-refractivity contribution is -0.138. The van der Waals surface area contributed by atoms with Crippen LogP contribution in [0, 0.1) is 11.6 Å². The van der Waals surface area contributed by atoms with Crippen LogP contribution in [0.25, 0.3) is 11.1 Å². The Bertz CT molecular complexity index is 1080. The van der Waals surface area contributed by atoms with Gasteiger partial charge in [-0.15, -0.1) is 0 Å². The Kier molecular flexibility index (Phi) is 6.38. The molecule has 1 aliphatic rings. The van der Waals surface area contributed by atoms with E-state index in [1.54, 1.807) is 12.1 Å². The van der Waals surface area contributed by atoms with E-state index in [9.17, 15) is 18.7 Å². The molecule has 3 nitrogen and oxygen atoms in total. The van der Waals surface area contributed by atoms with E-state index in [2.05, 4.69) is 0 Å². The van der Waals surface area contributed by atoms with Crippen molar-refractivity contribution >= 4 is 5.91 Å². The molecule has 3 aromatic carbocycles. The van der Waals surface area contributed by atoms with E-state index in [-0.39, 0.29) is 24.0 Å². The maximum Gasteiger partial charge on any atom is 0.223 e. The molecule has 1 amide bonds. The lowest BCUT2D eigenvalue weighted by atomic mass is 9.70. The van der Waals surface area contributed by atoms with Crippen LogP contribution in [0.3, 0.4) is 0 Å². The Morgan fingerprint density at radius 3 is 2.38 bits per heavy atom. The molecule has 1 aliphatic heterocycles. The highest BCUT2D eigenvalue weighted by Gasteiger charge is 2.41. The first-order valence-electron chi connectivity index (χ1n) is 10.9. The van der Waals surface area contributed by atoms with Crippen molar-refractivity contribution in [2.45, 2.75) is 37.6 Å². The Balaban J connectivity index is 1.52. The average molecular weight is 436 g/mol. The van der Waals surface area contributed by atoms with Gasteiger partial charge in [-0.2, -0.15) is 0 Å². The topological polar surface area (TPSA) is 40.5 Å². The first-order valence-corrected chi connectivity index (χ1v) is 10.9. The molecule has 1 heterocycles. The van der Waals surface area contributed by atoms with Crippen LogP contribution in [0.15, 0.2) is 72.8 Å². The van der Waals surface area contributed by atoms with Gasteiger partial charge in [-0.05, 0) is 48.6 Å².